The summed E-state index contributed by atoms with van der Waals surface area (Å²) in [7, 11) is 0. The minimum Gasteiger partial charge on any atom is -0.507 e. The summed E-state index contributed by atoms with van der Waals surface area (Å²) in [5.74, 6) is 0.0608. The lowest BCUT2D eigenvalue weighted by molar-refractivity contribution is 0.318. The molecule has 0 bridgehead atoms. The van der Waals surface area contributed by atoms with E-state index in [2.05, 4.69) is 5.16 Å². The first-order chi connectivity index (χ1) is 9.11. The molecule has 0 aliphatic heterocycles. The molecular formula is C15H14ClNO2. The molecule has 0 aliphatic carbocycles. The molecule has 3 nitrogen and oxygen atoms in total. The Bertz CT molecular complexity index is 609. The number of benzene rings is 2. The van der Waals surface area contributed by atoms with Crippen LogP contribution in [-0.2, 0) is 6.42 Å². The summed E-state index contributed by atoms with van der Waals surface area (Å²) in [5.41, 5.74) is 2.60. The Hall–Kier alpha value is -2.00. The van der Waals surface area contributed by atoms with E-state index >= 15 is 0 Å². The molecule has 0 radical (unpaired) electrons. The fourth-order valence-corrected chi connectivity index (χ4v) is 2.03. The Morgan fingerprint density at radius 2 is 1.89 bits per heavy atom. The maximum absolute atomic E-state index is 9.94. The minimum atomic E-state index is 0.0608. The third-order valence-electron chi connectivity index (χ3n) is 2.92. The number of hydrogen-bond acceptors (Lipinski definition) is 3. The van der Waals surface area contributed by atoms with E-state index < -0.39 is 0 Å². The first-order valence-corrected chi connectivity index (χ1v) is 6.24. The smallest absolute Gasteiger partial charge is 0.125 e. The number of phenols is 1. The highest BCUT2D eigenvalue weighted by Crippen LogP contribution is 2.27. The van der Waals surface area contributed by atoms with Crippen LogP contribution in [0.2, 0.25) is 5.02 Å². The van der Waals surface area contributed by atoms with Gasteiger partial charge in [-0.3, -0.25) is 0 Å². The molecule has 0 heterocycles. The van der Waals surface area contributed by atoms with E-state index in [1.807, 2.05) is 30.3 Å². The number of aryl methyl sites for hydroxylation is 1. The Morgan fingerprint density at radius 3 is 2.53 bits per heavy atom. The third kappa shape index (κ3) is 3.06. The van der Waals surface area contributed by atoms with Gasteiger partial charge in [0.25, 0.3) is 0 Å². The second-order valence-corrected chi connectivity index (χ2v) is 4.73. The van der Waals surface area contributed by atoms with Crippen LogP contribution < -0.4 is 0 Å². The van der Waals surface area contributed by atoms with Crippen molar-refractivity contribution in [3.05, 3.63) is 64.2 Å². The van der Waals surface area contributed by atoms with Gasteiger partial charge in [-0.2, -0.15) is 0 Å². The van der Waals surface area contributed by atoms with Crippen molar-refractivity contribution in [1.82, 2.24) is 0 Å². The van der Waals surface area contributed by atoms with Gasteiger partial charge in [0.05, 0.1) is 5.71 Å². The monoisotopic (exact) mass is 275 g/mol. The van der Waals surface area contributed by atoms with E-state index in [4.69, 9.17) is 16.8 Å². The van der Waals surface area contributed by atoms with Gasteiger partial charge in [-0.05, 0) is 30.2 Å². The zero-order valence-electron chi connectivity index (χ0n) is 10.5. The molecule has 0 aliphatic rings. The fourth-order valence-electron chi connectivity index (χ4n) is 1.87. The molecule has 2 N–H and O–H groups in total. The standard InChI is InChI=1S/C15H14ClNO2/c1-10-7-15(18)12(9-13(10)16)14(17-19)8-11-5-3-2-4-6-11/h2-7,9,18-19H,8H2,1H3/b17-14-. The highest BCUT2D eigenvalue weighted by molar-refractivity contribution is 6.32. The summed E-state index contributed by atoms with van der Waals surface area (Å²) < 4.78 is 0. The van der Waals surface area contributed by atoms with Crippen molar-refractivity contribution in [2.75, 3.05) is 0 Å². The minimum absolute atomic E-state index is 0.0608. The van der Waals surface area contributed by atoms with Crippen molar-refractivity contribution < 1.29 is 10.3 Å². The van der Waals surface area contributed by atoms with Gasteiger partial charge in [-0.25, -0.2) is 0 Å². The van der Waals surface area contributed by atoms with E-state index in [1.54, 1.807) is 19.1 Å². The number of rotatable bonds is 3. The van der Waals surface area contributed by atoms with E-state index in [1.165, 1.54) is 0 Å². The molecule has 2 aromatic rings. The predicted octanol–water partition coefficient (Wildman–Crippen LogP) is 3.78. The molecule has 0 saturated carbocycles. The van der Waals surface area contributed by atoms with Crippen LogP contribution in [0.3, 0.4) is 0 Å². The summed E-state index contributed by atoms with van der Waals surface area (Å²) in [4.78, 5) is 0. The lowest BCUT2D eigenvalue weighted by Crippen LogP contribution is -2.06. The maximum atomic E-state index is 9.94. The third-order valence-corrected chi connectivity index (χ3v) is 3.33. The molecule has 0 atom stereocenters. The number of halogens is 1. The number of phenolic OH excluding ortho intramolecular Hbond substituents is 1. The lowest BCUT2D eigenvalue weighted by Gasteiger charge is -2.09. The van der Waals surface area contributed by atoms with Crippen LogP contribution in [0, 0.1) is 6.92 Å². The zero-order chi connectivity index (χ0) is 13.8. The van der Waals surface area contributed by atoms with Crippen LogP contribution in [-0.4, -0.2) is 16.0 Å². The highest BCUT2D eigenvalue weighted by Gasteiger charge is 2.13. The van der Waals surface area contributed by atoms with E-state index in [-0.39, 0.29) is 5.75 Å². The van der Waals surface area contributed by atoms with Crippen LogP contribution in [0.1, 0.15) is 16.7 Å². The first kappa shape index (κ1) is 13.4. The predicted molar refractivity (Wildman–Crippen MR) is 76.3 cm³/mol. The summed E-state index contributed by atoms with van der Waals surface area (Å²) in [6.45, 7) is 1.80. The van der Waals surface area contributed by atoms with Crippen molar-refractivity contribution in [1.29, 1.82) is 0 Å². The normalized spacial score (nSPS) is 11.6. The van der Waals surface area contributed by atoms with Crippen LogP contribution >= 0.6 is 11.6 Å². The molecule has 2 aromatic carbocycles. The molecule has 0 amide bonds. The van der Waals surface area contributed by atoms with E-state index in [0.717, 1.165) is 11.1 Å². The first-order valence-electron chi connectivity index (χ1n) is 5.86. The molecule has 2 rings (SSSR count). The molecule has 0 spiro atoms. The van der Waals surface area contributed by atoms with Crippen molar-refractivity contribution in [2.24, 2.45) is 5.16 Å². The Labute approximate surface area is 116 Å². The van der Waals surface area contributed by atoms with Gasteiger partial charge >= 0.3 is 0 Å². The van der Waals surface area contributed by atoms with Gasteiger partial charge in [-0.15, -0.1) is 0 Å². The van der Waals surface area contributed by atoms with Gasteiger partial charge < -0.3 is 10.3 Å². The van der Waals surface area contributed by atoms with Gasteiger partial charge in [0.2, 0.25) is 0 Å². The van der Waals surface area contributed by atoms with Crippen LogP contribution in [0.5, 0.6) is 5.75 Å². The average Bonchev–Trinajstić information content (AvgIpc) is 2.42. The summed E-state index contributed by atoms with van der Waals surface area (Å²) >= 11 is 6.04. The van der Waals surface area contributed by atoms with Gasteiger partial charge in [0.15, 0.2) is 0 Å². The molecule has 98 valence electrons. The second kappa shape index (κ2) is 5.76. The lowest BCUT2D eigenvalue weighted by atomic mass is 10.0. The van der Waals surface area contributed by atoms with Gasteiger partial charge in [0, 0.05) is 17.0 Å². The second-order valence-electron chi connectivity index (χ2n) is 4.33. The maximum Gasteiger partial charge on any atom is 0.125 e. The molecule has 0 fully saturated rings. The molecule has 0 aromatic heterocycles. The van der Waals surface area contributed by atoms with Gasteiger partial charge in [-0.1, -0.05) is 47.1 Å². The fraction of sp³-hybridized carbons (Fsp3) is 0.133. The number of hydrogen-bond donors (Lipinski definition) is 2. The van der Waals surface area contributed by atoms with Crippen LogP contribution in [0.15, 0.2) is 47.6 Å². The van der Waals surface area contributed by atoms with Crippen LogP contribution in [0.25, 0.3) is 0 Å². The number of nitrogens with zero attached hydrogens (tertiary/aromatic N) is 1. The largest absolute Gasteiger partial charge is 0.507 e. The molecule has 0 unspecified atom stereocenters. The topological polar surface area (TPSA) is 52.8 Å². The Kier molecular flexibility index (Phi) is 4.07. The van der Waals surface area contributed by atoms with Crippen molar-refractivity contribution in [3.63, 3.8) is 0 Å². The SMILES string of the molecule is Cc1cc(O)c(/C(Cc2ccccc2)=N\O)cc1Cl. The summed E-state index contributed by atoms with van der Waals surface area (Å²) in [6.07, 6.45) is 0.421. The van der Waals surface area contributed by atoms with Crippen LogP contribution in [0.4, 0.5) is 0 Å². The molecule has 19 heavy (non-hydrogen) atoms. The molecular weight excluding hydrogens is 262 g/mol. The van der Waals surface area contributed by atoms with Crippen molar-refractivity contribution in [2.45, 2.75) is 13.3 Å². The molecule has 4 heteroatoms. The number of aromatic hydroxyl groups is 1. The van der Waals surface area contributed by atoms with E-state index in [0.29, 0.717) is 22.7 Å². The molecule has 0 saturated heterocycles. The van der Waals surface area contributed by atoms with Gasteiger partial charge in [0.1, 0.15) is 5.75 Å². The average molecular weight is 276 g/mol. The highest BCUT2D eigenvalue weighted by atomic mass is 35.5. The Morgan fingerprint density at radius 1 is 1.21 bits per heavy atom. The number of oxime groups is 1. The quantitative estimate of drug-likeness (QED) is 0.509. The van der Waals surface area contributed by atoms with E-state index in [9.17, 15) is 5.11 Å². The van der Waals surface area contributed by atoms with Crippen molar-refractivity contribution in [3.8, 4) is 5.75 Å². The van der Waals surface area contributed by atoms with Crippen molar-refractivity contribution >= 4 is 17.3 Å². The zero-order valence-corrected chi connectivity index (χ0v) is 11.2. The summed E-state index contributed by atoms with van der Waals surface area (Å²) in [6, 6.07) is 12.8. The summed E-state index contributed by atoms with van der Waals surface area (Å²) in [5, 5.41) is 22.9. The Balaban J connectivity index is 2.36.